The van der Waals surface area contributed by atoms with E-state index in [0.29, 0.717) is 5.56 Å². The molecule has 1 aromatic rings. The molecule has 0 unspecified atom stereocenters. The van der Waals surface area contributed by atoms with Gasteiger partial charge in [-0.1, -0.05) is 11.6 Å². The topological polar surface area (TPSA) is 81.3 Å². The van der Waals surface area contributed by atoms with Crippen LogP contribution >= 0.6 is 11.6 Å². The average molecular weight is 273 g/mol. The van der Waals surface area contributed by atoms with Crippen molar-refractivity contribution < 1.29 is 9.53 Å². The largest absolute Gasteiger partial charge is 0.444 e. The zero-order valence-electron chi connectivity index (χ0n) is 10.9. The van der Waals surface area contributed by atoms with Crippen LogP contribution in [0, 0.1) is 0 Å². The maximum atomic E-state index is 11.8. The van der Waals surface area contributed by atoms with Gasteiger partial charge in [-0.2, -0.15) is 0 Å². The van der Waals surface area contributed by atoms with Crippen molar-refractivity contribution in [1.29, 1.82) is 0 Å². The first kappa shape index (κ1) is 14.5. The number of aromatic nitrogens is 2. The Balaban J connectivity index is 2.76. The van der Waals surface area contributed by atoms with Gasteiger partial charge in [-0.25, -0.2) is 14.8 Å². The Hall–Kier alpha value is -1.56. The second-order valence-corrected chi connectivity index (χ2v) is 5.22. The molecule has 1 rings (SSSR count). The van der Waals surface area contributed by atoms with E-state index in [1.54, 1.807) is 27.8 Å². The number of carbonyl (C=O) groups is 1. The summed E-state index contributed by atoms with van der Waals surface area (Å²) in [7, 11) is 1.59. The molecule has 0 spiro atoms. The predicted octanol–water partition coefficient (Wildman–Crippen LogP) is 2.08. The highest BCUT2D eigenvalue weighted by atomic mass is 35.5. The smallest absolute Gasteiger partial charge is 0.410 e. The molecular weight excluding hydrogens is 256 g/mol. The lowest BCUT2D eigenvalue weighted by atomic mass is 10.2. The number of nitrogen functional groups attached to an aromatic ring is 1. The number of ether oxygens (including phenoxy) is 1. The molecular formula is C11H17ClN4O2. The van der Waals surface area contributed by atoms with Crippen LogP contribution in [0.5, 0.6) is 0 Å². The first-order valence-electron chi connectivity index (χ1n) is 5.39. The number of nitrogens with zero attached hydrogens (tertiary/aromatic N) is 3. The van der Waals surface area contributed by atoms with Crippen LogP contribution in [-0.2, 0) is 11.3 Å². The molecule has 0 atom stereocenters. The van der Waals surface area contributed by atoms with Crippen molar-refractivity contribution in [3.63, 3.8) is 0 Å². The van der Waals surface area contributed by atoms with Gasteiger partial charge in [-0.15, -0.1) is 0 Å². The minimum atomic E-state index is -0.548. The molecule has 0 aromatic carbocycles. The van der Waals surface area contributed by atoms with E-state index in [4.69, 9.17) is 22.1 Å². The minimum Gasteiger partial charge on any atom is -0.444 e. The van der Waals surface area contributed by atoms with Gasteiger partial charge in [0, 0.05) is 7.05 Å². The first-order valence-corrected chi connectivity index (χ1v) is 5.77. The Bertz CT molecular complexity index is 425. The van der Waals surface area contributed by atoms with Crippen molar-refractivity contribution in [2.24, 2.45) is 0 Å². The lowest BCUT2D eigenvalue weighted by molar-refractivity contribution is 0.0285. The lowest BCUT2D eigenvalue weighted by Crippen LogP contribution is -2.34. The molecule has 0 fully saturated rings. The highest BCUT2D eigenvalue weighted by Gasteiger charge is 2.21. The summed E-state index contributed by atoms with van der Waals surface area (Å²) in [6, 6.07) is 0. The SMILES string of the molecule is CN(Cc1c(N)ncnc1Cl)C(=O)OC(C)(C)C. The molecule has 0 saturated carbocycles. The van der Waals surface area contributed by atoms with Gasteiger partial charge in [0.15, 0.2) is 0 Å². The number of nitrogens with two attached hydrogens (primary N) is 1. The third-order valence-corrected chi connectivity index (χ3v) is 2.35. The van der Waals surface area contributed by atoms with E-state index in [1.165, 1.54) is 11.2 Å². The fraction of sp³-hybridized carbons (Fsp3) is 0.545. The summed E-state index contributed by atoms with van der Waals surface area (Å²) in [5, 5.41) is 0.234. The molecule has 1 aromatic heterocycles. The van der Waals surface area contributed by atoms with Crippen molar-refractivity contribution >= 4 is 23.5 Å². The first-order chi connectivity index (χ1) is 8.20. The second-order valence-electron chi connectivity index (χ2n) is 4.86. The fourth-order valence-electron chi connectivity index (χ4n) is 1.19. The predicted molar refractivity (Wildman–Crippen MR) is 69.2 cm³/mol. The van der Waals surface area contributed by atoms with E-state index < -0.39 is 11.7 Å². The number of amides is 1. The van der Waals surface area contributed by atoms with E-state index in [2.05, 4.69) is 9.97 Å². The van der Waals surface area contributed by atoms with Gasteiger partial charge in [0.2, 0.25) is 0 Å². The van der Waals surface area contributed by atoms with Crippen molar-refractivity contribution in [2.45, 2.75) is 32.9 Å². The molecule has 7 heteroatoms. The lowest BCUT2D eigenvalue weighted by Gasteiger charge is -2.24. The summed E-state index contributed by atoms with van der Waals surface area (Å²) in [6.45, 7) is 5.59. The Morgan fingerprint density at radius 1 is 1.50 bits per heavy atom. The summed E-state index contributed by atoms with van der Waals surface area (Å²) in [6.07, 6.45) is 0.816. The number of anilines is 1. The van der Waals surface area contributed by atoms with Gasteiger partial charge in [-0.3, -0.25) is 0 Å². The number of hydrogen-bond donors (Lipinski definition) is 1. The Morgan fingerprint density at radius 3 is 2.61 bits per heavy atom. The van der Waals surface area contributed by atoms with E-state index in [0.717, 1.165) is 0 Å². The van der Waals surface area contributed by atoms with E-state index in [9.17, 15) is 4.79 Å². The zero-order chi connectivity index (χ0) is 13.9. The third-order valence-electron chi connectivity index (χ3n) is 2.03. The summed E-state index contributed by atoms with van der Waals surface area (Å²) in [5.41, 5.74) is 5.64. The molecule has 0 aliphatic carbocycles. The summed E-state index contributed by atoms with van der Waals surface area (Å²) < 4.78 is 5.21. The number of halogens is 1. The van der Waals surface area contributed by atoms with Crippen LogP contribution in [0.3, 0.4) is 0 Å². The van der Waals surface area contributed by atoms with Crippen LogP contribution < -0.4 is 5.73 Å². The fourth-order valence-corrected chi connectivity index (χ4v) is 1.39. The van der Waals surface area contributed by atoms with Gasteiger partial charge in [0.1, 0.15) is 22.9 Å². The highest BCUT2D eigenvalue weighted by molar-refractivity contribution is 6.30. The van der Waals surface area contributed by atoms with Gasteiger partial charge >= 0.3 is 6.09 Å². The van der Waals surface area contributed by atoms with Crippen LogP contribution in [-0.4, -0.2) is 33.6 Å². The molecule has 1 heterocycles. The standard InChI is InChI=1S/C11H17ClN4O2/c1-11(2,3)18-10(17)16(4)5-7-8(12)14-6-15-9(7)13/h6H,5H2,1-4H3,(H2,13,14,15). The third kappa shape index (κ3) is 4.03. The van der Waals surface area contributed by atoms with Gasteiger partial charge in [0.05, 0.1) is 12.1 Å². The molecule has 6 nitrogen and oxygen atoms in total. The number of carbonyl (C=O) groups excluding carboxylic acids is 1. The molecule has 100 valence electrons. The maximum Gasteiger partial charge on any atom is 0.410 e. The molecule has 0 aliphatic heterocycles. The van der Waals surface area contributed by atoms with Gasteiger partial charge in [-0.05, 0) is 20.8 Å². The van der Waals surface area contributed by atoms with Crippen molar-refractivity contribution in [3.05, 3.63) is 17.0 Å². The van der Waals surface area contributed by atoms with Crippen LogP contribution in [0.25, 0.3) is 0 Å². The van der Waals surface area contributed by atoms with Gasteiger partial charge in [0.25, 0.3) is 0 Å². The Morgan fingerprint density at radius 2 is 2.11 bits per heavy atom. The molecule has 0 bridgehead atoms. The minimum absolute atomic E-state index is 0.195. The van der Waals surface area contributed by atoms with Crippen molar-refractivity contribution in [2.75, 3.05) is 12.8 Å². The van der Waals surface area contributed by atoms with Crippen LogP contribution in [0.4, 0.5) is 10.6 Å². The molecule has 1 amide bonds. The van der Waals surface area contributed by atoms with Crippen molar-refractivity contribution in [3.8, 4) is 0 Å². The number of rotatable bonds is 2. The summed E-state index contributed by atoms with van der Waals surface area (Å²) in [5.74, 6) is 0.255. The molecule has 2 N–H and O–H groups in total. The monoisotopic (exact) mass is 272 g/mol. The van der Waals surface area contributed by atoms with Crippen LogP contribution in [0.1, 0.15) is 26.3 Å². The molecule has 0 aliphatic rings. The molecule has 0 saturated heterocycles. The summed E-state index contributed by atoms with van der Waals surface area (Å²) >= 11 is 5.90. The Kier molecular flexibility index (Phi) is 4.34. The number of hydrogen-bond acceptors (Lipinski definition) is 5. The quantitative estimate of drug-likeness (QED) is 0.834. The Labute approximate surface area is 111 Å². The maximum absolute atomic E-state index is 11.8. The summed E-state index contributed by atoms with van der Waals surface area (Å²) in [4.78, 5) is 20.8. The molecule has 0 radical (unpaired) electrons. The molecule has 18 heavy (non-hydrogen) atoms. The van der Waals surface area contributed by atoms with E-state index in [1.807, 2.05) is 0 Å². The van der Waals surface area contributed by atoms with Crippen molar-refractivity contribution in [1.82, 2.24) is 14.9 Å². The van der Waals surface area contributed by atoms with Crippen LogP contribution in [0.15, 0.2) is 6.33 Å². The van der Waals surface area contributed by atoms with Crippen LogP contribution in [0.2, 0.25) is 5.15 Å². The average Bonchev–Trinajstić information content (AvgIpc) is 2.21. The van der Waals surface area contributed by atoms with E-state index >= 15 is 0 Å². The van der Waals surface area contributed by atoms with E-state index in [-0.39, 0.29) is 17.5 Å². The zero-order valence-corrected chi connectivity index (χ0v) is 11.7. The second kappa shape index (κ2) is 5.39. The van der Waals surface area contributed by atoms with Gasteiger partial charge < -0.3 is 15.4 Å². The normalized spacial score (nSPS) is 11.2. The highest BCUT2D eigenvalue weighted by Crippen LogP contribution is 2.19.